The van der Waals surface area contributed by atoms with Crippen molar-refractivity contribution >= 4 is 17.9 Å². The Morgan fingerprint density at radius 2 is 1.64 bits per heavy atom. The molecule has 7 heteroatoms. The molecular formula is C18H25N3O4. The topological polar surface area (TPSA) is 70.2 Å². The Morgan fingerprint density at radius 3 is 2.20 bits per heavy atom. The van der Waals surface area contributed by atoms with Gasteiger partial charge in [-0.25, -0.2) is 4.79 Å². The molecule has 0 radical (unpaired) electrons. The van der Waals surface area contributed by atoms with Crippen molar-refractivity contribution in [3.8, 4) is 0 Å². The summed E-state index contributed by atoms with van der Waals surface area (Å²) in [5.41, 5.74) is 0.984. The zero-order valence-corrected chi connectivity index (χ0v) is 14.8. The van der Waals surface area contributed by atoms with E-state index in [1.165, 1.54) is 11.8 Å². The van der Waals surface area contributed by atoms with Crippen molar-refractivity contribution in [3.05, 3.63) is 35.9 Å². The van der Waals surface area contributed by atoms with Crippen LogP contribution in [0.3, 0.4) is 0 Å². The summed E-state index contributed by atoms with van der Waals surface area (Å²) in [6.45, 7) is 5.82. The van der Waals surface area contributed by atoms with Crippen LogP contribution in [0.2, 0.25) is 0 Å². The Labute approximate surface area is 148 Å². The molecule has 1 fully saturated rings. The fourth-order valence-electron chi connectivity index (χ4n) is 2.70. The highest BCUT2D eigenvalue weighted by molar-refractivity contribution is 5.84. The first-order chi connectivity index (χ1) is 12.0. The predicted octanol–water partition coefficient (Wildman–Crippen LogP) is 1.34. The van der Waals surface area contributed by atoms with E-state index >= 15 is 0 Å². The lowest BCUT2D eigenvalue weighted by atomic mass is 10.2. The zero-order valence-electron chi connectivity index (χ0n) is 14.8. The third-order valence-electron chi connectivity index (χ3n) is 4.15. The number of amides is 3. The molecule has 1 saturated heterocycles. The van der Waals surface area contributed by atoms with Crippen molar-refractivity contribution < 1.29 is 19.1 Å². The van der Waals surface area contributed by atoms with Gasteiger partial charge in [-0.2, -0.15) is 0 Å². The molecular weight excluding hydrogens is 322 g/mol. The average molecular weight is 347 g/mol. The summed E-state index contributed by atoms with van der Waals surface area (Å²) in [5, 5.41) is 0. The van der Waals surface area contributed by atoms with Crippen molar-refractivity contribution in [1.82, 2.24) is 14.7 Å². The monoisotopic (exact) mass is 347 g/mol. The second kappa shape index (κ2) is 9.05. The minimum atomic E-state index is -0.343. The molecule has 0 saturated carbocycles. The highest BCUT2D eigenvalue weighted by atomic mass is 16.6. The highest BCUT2D eigenvalue weighted by Gasteiger charge is 2.26. The second-order valence-corrected chi connectivity index (χ2v) is 5.93. The Hall–Kier alpha value is -2.57. The molecule has 25 heavy (non-hydrogen) atoms. The standard InChI is InChI=1S/C18H25N3O4/c1-3-25-18(24)20-11-9-19(10-12-20)17(23)14-21(15(2)22)13-16-7-5-4-6-8-16/h4-8H,3,9-14H2,1-2H3. The summed E-state index contributed by atoms with van der Waals surface area (Å²) in [6, 6.07) is 9.58. The first-order valence-corrected chi connectivity index (χ1v) is 8.50. The van der Waals surface area contributed by atoms with Gasteiger partial charge in [-0.05, 0) is 12.5 Å². The molecule has 2 rings (SSSR count). The Balaban J connectivity index is 1.87. The van der Waals surface area contributed by atoms with Gasteiger partial charge in [-0.1, -0.05) is 30.3 Å². The van der Waals surface area contributed by atoms with Gasteiger partial charge in [-0.15, -0.1) is 0 Å². The van der Waals surface area contributed by atoms with Gasteiger partial charge in [0.05, 0.1) is 6.61 Å². The summed E-state index contributed by atoms with van der Waals surface area (Å²) in [6.07, 6.45) is -0.343. The molecule has 1 aliphatic heterocycles. The number of carbonyl (C=O) groups excluding carboxylic acids is 3. The van der Waals surface area contributed by atoms with E-state index in [0.29, 0.717) is 39.3 Å². The lowest BCUT2D eigenvalue weighted by molar-refractivity contribution is -0.140. The maximum absolute atomic E-state index is 12.5. The van der Waals surface area contributed by atoms with E-state index in [0.717, 1.165) is 5.56 Å². The Bertz CT molecular complexity index is 598. The summed E-state index contributed by atoms with van der Waals surface area (Å²) >= 11 is 0. The summed E-state index contributed by atoms with van der Waals surface area (Å²) in [5.74, 6) is -0.239. The van der Waals surface area contributed by atoms with Gasteiger partial charge in [0.2, 0.25) is 11.8 Å². The molecule has 1 aromatic rings. The largest absolute Gasteiger partial charge is 0.450 e. The van der Waals surface area contributed by atoms with Crippen LogP contribution in [0.1, 0.15) is 19.4 Å². The van der Waals surface area contributed by atoms with Crippen molar-refractivity contribution in [3.63, 3.8) is 0 Å². The third kappa shape index (κ3) is 5.48. The maximum Gasteiger partial charge on any atom is 0.409 e. The van der Waals surface area contributed by atoms with E-state index in [4.69, 9.17) is 4.74 Å². The molecule has 7 nitrogen and oxygen atoms in total. The lowest BCUT2D eigenvalue weighted by Crippen LogP contribution is -2.53. The van der Waals surface area contributed by atoms with E-state index < -0.39 is 0 Å². The molecule has 0 atom stereocenters. The number of piperazine rings is 1. The molecule has 0 spiro atoms. The molecule has 0 aromatic heterocycles. The summed E-state index contributed by atoms with van der Waals surface area (Å²) in [7, 11) is 0. The van der Waals surface area contributed by atoms with Gasteiger partial charge >= 0.3 is 6.09 Å². The van der Waals surface area contributed by atoms with E-state index in [2.05, 4.69) is 0 Å². The molecule has 1 aromatic carbocycles. The smallest absolute Gasteiger partial charge is 0.409 e. The quantitative estimate of drug-likeness (QED) is 0.806. The molecule has 1 aliphatic rings. The minimum Gasteiger partial charge on any atom is -0.450 e. The van der Waals surface area contributed by atoms with Crippen LogP contribution in [0, 0.1) is 0 Å². The van der Waals surface area contributed by atoms with Crippen LogP contribution in [0.25, 0.3) is 0 Å². The van der Waals surface area contributed by atoms with Crippen molar-refractivity contribution in [2.24, 2.45) is 0 Å². The number of nitrogens with zero attached hydrogens (tertiary/aromatic N) is 3. The Morgan fingerprint density at radius 1 is 1.04 bits per heavy atom. The first kappa shape index (κ1) is 18.8. The van der Waals surface area contributed by atoms with Gasteiger partial charge in [0.25, 0.3) is 0 Å². The van der Waals surface area contributed by atoms with Crippen LogP contribution < -0.4 is 0 Å². The van der Waals surface area contributed by atoms with Crippen molar-refractivity contribution in [2.45, 2.75) is 20.4 Å². The molecule has 0 bridgehead atoms. The van der Waals surface area contributed by atoms with Gasteiger partial charge in [-0.3, -0.25) is 9.59 Å². The lowest BCUT2D eigenvalue weighted by Gasteiger charge is -2.35. The van der Waals surface area contributed by atoms with E-state index in [1.54, 1.807) is 16.7 Å². The fraction of sp³-hybridized carbons (Fsp3) is 0.500. The van der Waals surface area contributed by atoms with Crippen LogP contribution in [0.5, 0.6) is 0 Å². The fourth-order valence-corrected chi connectivity index (χ4v) is 2.70. The number of benzene rings is 1. The number of ether oxygens (including phenoxy) is 1. The molecule has 1 heterocycles. The molecule has 136 valence electrons. The number of hydrogen-bond donors (Lipinski definition) is 0. The summed E-state index contributed by atoms with van der Waals surface area (Å²) < 4.78 is 4.97. The molecule has 0 aliphatic carbocycles. The van der Waals surface area contributed by atoms with Crippen LogP contribution in [-0.2, 0) is 20.9 Å². The zero-order chi connectivity index (χ0) is 18.2. The highest BCUT2D eigenvalue weighted by Crippen LogP contribution is 2.08. The van der Waals surface area contributed by atoms with Gasteiger partial charge in [0.1, 0.15) is 6.54 Å². The minimum absolute atomic E-state index is 0.0453. The predicted molar refractivity (Wildman–Crippen MR) is 92.7 cm³/mol. The van der Waals surface area contributed by atoms with E-state index in [-0.39, 0.29) is 24.5 Å². The summed E-state index contributed by atoms with van der Waals surface area (Å²) in [4.78, 5) is 40.9. The van der Waals surface area contributed by atoms with Crippen LogP contribution >= 0.6 is 0 Å². The molecule has 0 N–H and O–H groups in total. The number of rotatable bonds is 5. The van der Waals surface area contributed by atoms with Gasteiger partial charge < -0.3 is 19.4 Å². The Kier molecular flexibility index (Phi) is 6.80. The number of carbonyl (C=O) groups is 3. The SMILES string of the molecule is CCOC(=O)N1CCN(C(=O)CN(Cc2ccccc2)C(C)=O)CC1. The van der Waals surface area contributed by atoms with Crippen LogP contribution in [0.4, 0.5) is 4.79 Å². The van der Waals surface area contributed by atoms with Crippen LogP contribution in [-0.4, -0.2) is 71.9 Å². The van der Waals surface area contributed by atoms with E-state index in [1.807, 2.05) is 30.3 Å². The normalized spacial score (nSPS) is 14.2. The number of hydrogen-bond acceptors (Lipinski definition) is 4. The van der Waals surface area contributed by atoms with E-state index in [9.17, 15) is 14.4 Å². The van der Waals surface area contributed by atoms with Gasteiger partial charge in [0.15, 0.2) is 0 Å². The molecule has 0 unspecified atom stereocenters. The third-order valence-corrected chi connectivity index (χ3v) is 4.15. The van der Waals surface area contributed by atoms with Crippen LogP contribution in [0.15, 0.2) is 30.3 Å². The first-order valence-electron chi connectivity index (χ1n) is 8.50. The maximum atomic E-state index is 12.5. The van der Waals surface area contributed by atoms with Crippen molar-refractivity contribution in [1.29, 1.82) is 0 Å². The second-order valence-electron chi connectivity index (χ2n) is 5.93. The molecule has 3 amide bonds. The average Bonchev–Trinajstić information content (AvgIpc) is 2.62. The van der Waals surface area contributed by atoms with Crippen molar-refractivity contribution in [2.75, 3.05) is 39.3 Å². The van der Waals surface area contributed by atoms with Gasteiger partial charge in [0, 0.05) is 39.6 Å².